The molecule has 1 aromatic carbocycles. The number of benzene rings is 1. The van der Waals surface area contributed by atoms with Crippen molar-refractivity contribution in [3.63, 3.8) is 0 Å². The molecule has 0 fully saturated rings. The molecule has 2 atom stereocenters. The molecule has 0 radical (unpaired) electrons. The molecule has 2 unspecified atom stereocenters. The van der Waals surface area contributed by atoms with Crippen LogP contribution in [0, 0.1) is 11.3 Å². The summed E-state index contributed by atoms with van der Waals surface area (Å²) < 4.78 is 5.10. The van der Waals surface area contributed by atoms with E-state index in [1.807, 2.05) is 32.9 Å². The highest BCUT2D eigenvalue weighted by Crippen LogP contribution is 2.27. The van der Waals surface area contributed by atoms with E-state index in [0.717, 1.165) is 17.7 Å². The summed E-state index contributed by atoms with van der Waals surface area (Å²) in [6.45, 7) is 9.90. The van der Waals surface area contributed by atoms with Crippen LogP contribution >= 0.6 is 0 Å². The molecule has 1 rings (SSSR count). The summed E-state index contributed by atoms with van der Waals surface area (Å²) in [6, 6.07) is 6.87. The molecule has 0 aliphatic heterocycles. The lowest BCUT2D eigenvalue weighted by Gasteiger charge is -2.29. The Bertz CT molecular complexity index is 480. The van der Waals surface area contributed by atoms with Crippen LogP contribution < -0.4 is 10.1 Å². The molecule has 4 nitrogen and oxygen atoms in total. The summed E-state index contributed by atoms with van der Waals surface area (Å²) in [5.74, 6) is 1.16. The van der Waals surface area contributed by atoms with Crippen LogP contribution in [0.15, 0.2) is 24.3 Å². The maximum atomic E-state index is 12.4. The third kappa shape index (κ3) is 5.02. The molecule has 0 aliphatic carbocycles. The number of aliphatic hydroxyl groups excluding tert-OH is 1. The van der Waals surface area contributed by atoms with Crippen molar-refractivity contribution in [3.8, 4) is 5.75 Å². The Balaban J connectivity index is 2.70. The summed E-state index contributed by atoms with van der Waals surface area (Å²) in [5, 5.41) is 13.3. The fourth-order valence-electron chi connectivity index (χ4n) is 2.68. The van der Waals surface area contributed by atoms with Gasteiger partial charge in [-0.05, 0) is 37.0 Å². The highest BCUT2D eigenvalue weighted by atomic mass is 16.5. The van der Waals surface area contributed by atoms with E-state index < -0.39 is 11.5 Å². The summed E-state index contributed by atoms with van der Waals surface area (Å²) >= 11 is 0. The van der Waals surface area contributed by atoms with Gasteiger partial charge in [-0.3, -0.25) is 4.79 Å². The largest absolute Gasteiger partial charge is 0.497 e. The number of amides is 1. The Hall–Kier alpha value is -1.55. The van der Waals surface area contributed by atoms with E-state index in [0.29, 0.717) is 5.92 Å². The molecule has 124 valence electrons. The molecular formula is C18H29NO3. The monoisotopic (exact) mass is 307 g/mol. The third-order valence-corrected chi connectivity index (χ3v) is 3.82. The van der Waals surface area contributed by atoms with Gasteiger partial charge in [0.25, 0.3) is 0 Å². The topological polar surface area (TPSA) is 58.6 Å². The molecule has 22 heavy (non-hydrogen) atoms. The number of hydrogen-bond donors (Lipinski definition) is 2. The first kappa shape index (κ1) is 18.5. The summed E-state index contributed by atoms with van der Waals surface area (Å²) in [6.07, 6.45) is 0.0641. The minimum atomic E-state index is -0.746. The van der Waals surface area contributed by atoms with E-state index in [1.54, 1.807) is 19.2 Å². The molecule has 0 spiro atoms. The Morgan fingerprint density at radius 3 is 2.23 bits per heavy atom. The molecule has 0 bridgehead atoms. The predicted molar refractivity (Wildman–Crippen MR) is 88.8 cm³/mol. The van der Waals surface area contributed by atoms with Crippen molar-refractivity contribution in [1.29, 1.82) is 0 Å². The predicted octanol–water partition coefficient (Wildman–Crippen LogP) is 3.31. The van der Waals surface area contributed by atoms with Crippen LogP contribution in [-0.4, -0.2) is 24.2 Å². The molecular weight excluding hydrogens is 278 g/mol. The average molecular weight is 307 g/mol. The van der Waals surface area contributed by atoms with Crippen LogP contribution in [-0.2, 0) is 4.79 Å². The Labute approximate surface area is 133 Å². The zero-order valence-corrected chi connectivity index (χ0v) is 14.5. The minimum absolute atomic E-state index is 0.0266. The lowest BCUT2D eigenvalue weighted by molar-refractivity contribution is -0.131. The Kier molecular flexibility index (Phi) is 6.42. The maximum Gasteiger partial charge on any atom is 0.225 e. The van der Waals surface area contributed by atoms with Crippen LogP contribution in [0.4, 0.5) is 0 Å². The van der Waals surface area contributed by atoms with Crippen molar-refractivity contribution >= 4 is 5.91 Å². The molecule has 2 N–H and O–H groups in total. The van der Waals surface area contributed by atoms with Crippen LogP contribution in [0.3, 0.4) is 0 Å². The van der Waals surface area contributed by atoms with Gasteiger partial charge in [0, 0.05) is 5.41 Å². The van der Waals surface area contributed by atoms with E-state index in [4.69, 9.17) is 4.74 Å². The van der Waals surface area contributed by atoms with Crippen molar-refractivity contribution in [3.05, 3.63) is 29.8 Å². The summed E-state index contributed by atoms with van der Waals surface area (Å²) in [5.41, 5.74) is 0.317. The first-order chi connectivity index (χ1) is 10.2. The number of methoxy groups -OCH3 is 1. The van der Waals surface area contributed by atoms with Gasteiger partial charge in [0.15, 0.2) is 0 Å². The molecule has 0 aliphatic rings. The van der Waals surface area contributed by atoms with Crippen molar-refractivity contribution in [2.45, 2.75) is 53.2 Å². The standard InChI is InChI=1S/C18H29NO3/c1-12(2)11-18(4,5)17(21)19-13(3)16(20)14-7-9-15(22-6)10-8-14/h7-10,12-13,16,20H,11H2,1-6H3,(H,19,21). The zero-order valence-electron chi connectivity index (χ0n) is 14.5. The Morgan fingerprint density at radius 2 is 1.77 bits per heavy atom. The molecule has 0 heterocycles. The molecule has 0 saturated heterocycles. The van der Waals surface area contributed by atoms with Gasteiger partial charge in [-0.15, -0.1) is 0 Å². The second-order valence-electron chi connectivity index (χ2n) is 6.96. The number of hydrogen-bond acceptors (Lipinski definition) is 3. The number of carbonyl (C=O) groups is 1. The smallest absolute Gasteiger partial charge is 0.225 e. The minimum Gasteiger partial charge on any atom is -0.497 e. The van der Waals surface area contributed by atoms with E-state index in [9.17, 15) is 9.90 Å². The number of ether oxygens (including phenoxy) is 1. The number of carbonyl (C=O) groups excluding carboxylic acids is 1. The second kappa shape index (κ2) is 7.63. The van der Waals surface area contributed by atoms with Crippen molar-refractivity contribution in [2.75, 3.05) is 7.11 Å². The van der Waals surface area contributed by atoms with Crippen LogP contribution in [0.1, 0.15) is 52.7 Å². The van der Waals surface area contributed by atoms with Gasteiger partial charge in [-0.25, -0.2) is 0 Å². The van der Waals surface area contributed by atoms with Gasteiger partial charge in [0.2, 0.25) is 5.91 Å². The quantitative estimate of drug-likeness (QED) is 0.812. The van der Waals surface area contributed by atoms with Gasteiger partial charge in [-0.1, -0.05) is 39.8 Å². The van der Waals surface area contributed by atoms with E-state index in [1.165, 1.54) is 0 Å². The number of rotatable bonds is 7. The fourth-order valence-corrected chi connectivity index (χ4v) is 2.68. The SMILES string of the molecule is COc1ccc(C(O)C(C)NC(=O)C(C)(C)CC(C)C)cc1. The van der Waals surface area contributed by atoms with Gasteiger partial charge >= 0.3 is 0 Å². The van der Waals surface area contributed by atoms with Crippen LogP contribution in [0.5, 0.6) is 5.75 Å². The van der Waals surface area contributed by atoms with Crippen molar-refractivity contribution < 1.29 is 14.6 Å². The molecule has 1 amide bonds. The van der Waals surface area contributed by atoms with Crippen molar-refractivity contribution in [2.24, 2.45) is 11.3 Å². The fraction of sp³-hybridized carbons (Fsp3) is 0.611. The first-order valence-electron chi connectivity index (χ1n) is 7.80. The maximum absolute atomic E-state index is 12.4. The van der Waals surface area contributed by atoms with Crippen molar-refractivity contribution in [1.82, 2.24) is 5.32 Å². The summed E-state index contributed by atoms with van der Waals surface area (Å²) in [7, 11) is 1.60. The Morgan fingerprint density at radius 1 is 1.23 bits per heavy atom. The normalized spacial score (nSPS) is 14.5. The zero-order chi connectivity index (χ0) is 16.9. The highest BCUT2D eigenvalue weighted by Gasteiger charge is 2.30. The average Bonchev–Trinajstić information content (AvgIpc) is 2.45. The summed E-state index contributed by atoms with van der Waals surface area (Å²) in [4.78, 5) is 12.4. The number of aliphatic hydroxyl groups is 1. The van der Waals surface area contributed by atoms with Gasteiger partial charge in [-0.2, -0.15) is 0 Å². The molecule has 0 aromatic heterocycles. The second-order valence-corrected chi connectivity index (χ2v) is 6.96. The lowest BCUT2D eigenvalue weighted by atomic mass is 9.83. The van der Waals surface area contributed by atoms with E-state index in [-0.39, 0.29) is 11.9 Å². The van der Waals surface area contributed by atoms with Crippen LogP contribution in [0.25, 0.3) is 0 Å². The van der Waals surface area contributed by atoms with Crippen LogP contribution in [0.2, 0.25) is 0 Å². The lowest BCUT2D eigenvalue weighted by Crippen LogP contribution is -2.44. The van der Waals surface area contributed by atoms with Gasteiger partial charge in [0.05, 0.1) is 19.3 Å². The molecule has 4 heteroatoms. The van der Waals surface area contributed by atoms with Gasteiger partial charge < -0.3 is 15.2 Å². The molecule has 1 aromatic rings. The van der Waals surface area contributed by atoms with E-state index in [2.05, 4.69) is 19.2 Å². The third-order valence-electron chi connectivity index (χ3n) is 3.82. The number of nitrogens with one attached hydrogen (secondary N) is 1. The highest BCUT2D eigenvalue weighted by molar-refractivity contribution is 5.82. The van der Waals surface area contributed by atoms with Gasteiger partial charge in [0.1, 0.15) is 5.75 Å². The first-order valence-corrected chi connectivity index (χ1v) is 7.80. The van der Waals surface area contributed by atoms with E-state index >= 15 is 0 Å². The molecule has 0 saturated carbocycles.